The number of nitro benzene ring substituents is 1. The van der Waals surface area contributed by atoms with E-state index < -0.39 is 16.9 Å². The molecule has 0 aromatic heterocycles. The Kier molecular flexibility index (Phi) is 4.33. The topological polar surface area (TPSA) is 86.5 Å². The Bertz CT molecular complexity index is 438. The van der Waals surface area contributed by atoms with E-state index in [0.717, 1.165) is 0 Å². The number of ether oxygens (including phenoxy) is 1. The minimum Gasteiger partial charge on any atom is -0.389 e. The fraction of sp³-hybridized carbons (Fsp3) is 0.273. The zero-order chi connectivity index (χ0) is 12.8. The van der Waals surface area contributed by atoms with Gasteiger partial charge in [0.15, 0.2) is 0 Å². The summed E-state index contributed by atoms with van der Waals surface area (Å²) in [5.41, 5.74) is -0.0125. The predicted molar refractivity (Wildman–Crippen MR) is 58.4 cm³/mol. The maximum atomic E-state index is 11.4. The summed E-state index contributed by atoms with van der Waals surface area (Å²) in [5.74, 6) is -1.39. The smallest absolute Gasteiger partial charge is 0.345 e. The van der Waals surface area contributed by atoms with Gasteiger partial charge in [-0.2, -0.15) is 0 Å². The molecule has 1 aromatic rings. The molecular weight excluding hydrogens is 226 g/mol. The quantitative estimate of drug-likeness (QED) is 0.346. The summed E-state index contributed by atoms with van der Waals surface area (Å²) in [6.45, 7) is 1.79. The van der Waals surface area contributed by atoms with E-state index in [-0.39, 0.29) is 17.7 Å². The number of hydrogen-bond donors (Lipinski definition) is 0. The van der Waals surface area contributed by atoms with Gasteiger partial charge in [-0.3, -0.25) is 14.9 Å². The summed E-state index contributed by atoms with van der Waals surface area (Å²) in [6.07, 6.45) is 0.755. The van der Waals surface area contributed by atoms with Gasteiger partial charge in [-0.25, -0.2) is 4.79 Å². The predicted octanol–water partition coefficient (Wildman–Crippen LogP) is 2.08. The minimum atomic E-state index is -0.793. The van der Waals surface area contributed by atoms with Crippen molar-refractivity contribution in [2.24, 2.45) is 0 Å². The van der Waals surface area contributed by atoms with Crippen LogP contribution in [0.2, 0.25) is 0 Å². The third-order valence-corrected chi connectivity index (χ3v) is 1.97. The number of carbonyl (C=O) groups is 2. The Morgan fingerprint density at radius 3 is 2.35 bits per heavy atom. The van der Waals surface area contributed by atoms with Crippen molar-refractivity contribution in [3.8, 4) is 0 Å². The zero-order valence-corrected chi connectivity index (χ0v) is 9.21. The van der Waals surface area contributed by atoms with Gasteiger partial charge in [0.1, 0.15) is 0 Å². The fourth-order valence-electron chi connectivity index (χ4n) is 1.14. The summed E-state index contributed by atoms with van der Waals surface area (Å²) >= 11 is 0. The van der Waals surface area contributed by atoms with E-state index in [4.69, 9.17) is 0 Å². The number of rotatable bonds is 4. The maximum absolute atomic E-state index is 11.4. The Balaban J connectivity index is 2.70. The van der Waals surface area contributed by atoms with E-state index >= 15 is 0 Å². The molecule has 0 saturated heterocycles. The summed E-state index contributed by atoms with van der Waals surface area (Å²) < 4.78 is 4.53. The van der Waals surface area contributed by atoms with Gasteiger partial charge >= 0.3 is 11.9 Å². The first-order chi connectivity index (χ1) is 8.04. The van der Waals surface area contributed by atoms with Crippen LogP contribution in [0.4, 0.5) is 5.69 Å². The van der Waals surface area contributed by atoms with Gasteiger partial charge in [0.25, 0.3) is 5.69 Å². The number of carbonyl (C=O) groups excluding carboxylic acids is 2. The minimum absolute atomic E-state index is 0.111. The number of hydrogen-bond acceptors (Lipinski definition) is 5. The molecule has 90 valence electrons. The number of esters is 2. The molecule has 0 amide bonds. The van der Waals surface area contributed by atoms with Gasteiger partial charge in [-0.15, -0.1) is 0 Å². The van der Waals surface area contributed by atoms with Crippen LogP contribution in [0, 0.1) is 10.1 Å². The van der Waals surface area contributed by atoms with E-state index in [1.807, 2.05) is 0 Å². The largest absolute Gasteiger partial charge is 0.389 e. The number of nitro groups is 1. The standard InChI is InChI=1S/C11H11NO5/c1-2-3-10(13)17-11(14)8-4-6-9(7-5-8)12(15)16/h4-7H,2-3H2,1H3. The molecule has 1 aromatic carbocycles. The monoisotopic (exact) mass is 237 g/mol. The molecule has 0 N–H and O–H groups in total. The lowest BCUT2D eigenvalue weighted by Crippen LogP contribution is -2.12. The molecular formula is C11H11NO5. The van der Waals surface area contributed by atoms with Crippen molar-refractivity contribution in [2.75, 3.05) is 0 Å². The Morgan fingerprint density at radius 1 is 1.29 bits per heavy atom. The van der Waals surface area contributed by atoms with Crippen LogP contribution in [-0.2, 0) is 9.53 Å². The Labute approximate surface area is 97.3 Å². The number of benzene rings is 1. The molecule has 0 saturated carbocycles. The van der Waals surface area contributed by atoms with Crippen LogP contribution in [0.3, 0.4) is 0 Å². The third-order valence-electron chi connectivity index (χ3n) is 1.97. The normalized spacial score (nSPS) is 9.71. The fourth-order valence-corrected chi connectivity index (χ4v) is 1.14. The highest BCUT2D eigenvalue weighted by atomic mass is 16.6. The second kappa shape index (κ2) is 5.74. The van der Waals surface area contributed by atoms with Crippen molar-refractivity contribution in [2.45, 2.75) is 19.8 Å². The lowest BCUT2D eigenvalue weighted by Gasteiger charge is -2.01. The average Bonchev–Trinajstić information content (AvgIpc) is 2.29. The molecule has 0 bridgehead atoms. The molecule has 0 radical (unpaired) electrons. The summed E-state index contributed by atoms with van der Waals surface area (Å²) in [4.78, 5) is 32.3. The molecule has 6 heteroatoms. The summed E-state index contributed by atoms with van der Waals surface area (Å²) in [6, 6.07) is 4.86. The van der Waals surface area contributed by atoms with E-state index in [1.165, 1.54) is 24.3 Å². The lowest BCUT2D eigenvalue weighted by molar-refractivity contribution is -0.384. The summed E-state index contributed by atoms with van der Waals surface area (Å²) in [5, 5.41) is 10.4. The molecule has 0 spiro atoms. The van der Waals surface area contributed by atoms with Crippen LogP contribution < -0.4 is 0 Å². The molecule has 0 heterocycles. The van der Waals surface area contributed by atoms with Crippen molar-refractivity contribution in [3.05, 3.63) is 39.9 Å². The van der Waals surface area contributed by atoms with Crippen LogP contribution in [0.25, 0.3) is 0 Å². The first-order valence-electron chi connectivity index (χ1n) is 5.04. The highest BCUT2D eigenvalue weighted by molar-refractivity contribution is 5.96. The molecule has 0 aliphatic rings. The average molecular weight is 237 g/mol. The first kappa shape index (κ1) is 12.8. The van der Waals surface area contributed by atoms with Gasteiger partial charge < -0.3 is 4.74 Å². The van der Waals surface area contributed by atoms with Gasteiger partial charge in [0, 0.05) is 18.6 Å². The second-order valence-corrected chi connectivity index (χ2v) is 3.32. The molecule has 17 heavy (non-hydrogen) atoms. The Morgan fingerprint density at radius 2 is 1.88 bits per heavy atom. The van der Waals surface area contributed by atoms with Crippen molar-refractivity contribution < 1.29 is 19.2 Å². The van der Waals surface area contributed by atoms with E-state index in [9.17, 15) is 19.7 Å². The molecule has 0 fully saturated rings. The third kappa shape index (κ3) is 3.67. The maximum Gasteiger partial charge on any atom is 0.345 e. The van der Waals surface area contributed by atoms with Crippen LogP contribution >= 0.6 is 0 Å². The van der Waals surface area contributed by atoms with Crippen LogP contribution in [0.5, 0.6) is 0 Å². The van der Waals surface area contributed by atoms with Crippen LogP contribution in [0.1, 0.15) is 30.1 Å². The number of nitrogens with zero attached hydrogens (tertiary/aromatic N) is 1. The van der Waals surface area contributed by atoms with E-state index in [0.29, 0.717) is 6.42 Å². The SMILES string of the molecule is CCCC(=O)OC(=O)c1ccc([N+](=O)[O-])cc1. The molecule has 6 nitrogen and oxygen atoms in total. The van der Waals surface area contributed by atoms with Crippen LogP contribution in [-0.4, -0.2) is 16.9 Å². The molecule has 0 unspecified atom stereocenters. The molecule has 1 rings (SSSR count). The van der Waals surface area contributed by atoms with Crippen molar-refractivity contribution in [1.82, 2.24) is 0 Å². The van der Waals surface area contributed by atoms with Gasteiger partial charge in [0.05, 0.1) is 10.5 Å². The van der Waals surface area contributed by atoms with Gasteiger partial charge in [0.2, 0.25) is 0 Å². The molecule has 0 aliphatic carbocycles. The molecule has 0 atom stereocenters. The second-order valence-electron chi connectivity index (χ2n) is 3.32. The van der Waals surface area contributed by atoms with Crippen molar-refractivity contribution >= 4 is 17.6 Å². The summed E-state index contributed by atoms with van der Waals surface area (Å²) in [7, 11) is 0. The highest BCUT2D eigenvalue weighted by Gasteiger charge is 2.13. The van der Waals surface area contributed by atoms with Crippen molar-refractivity contribution in [1.29, 1.82) is 0 Å². The van der Waals surface area contributed by atoms with Crippen LogP contribution in [0.15, 0.2) is 24.3 Å². The highest BCUT2D eigenvalue weighted by Crippen LogP contribution is 2.12. The lowest BCUT2D eigenvalue weighted by atomic mass is 10.2. The number of non-ortho nitro benzene ring substituents is 1. The van der Waals surface area contributed by atoms with Gasteiger partial charge in [-0.1, -0.05) is 6.92 Å². The van der Waals surface area contributed by atoms with Gasteiger partial charge in [-0.05, 0) is 18.6 Å². The first-order valence-corrected chi connectivity index (χ1v) is 5.04. The van der Waals surface area contributed by atoms with E-state index in [1.54, 1.807) is 6.92 Å². The zero-order valence-electron chi connectivity index (χ0n) is 9.21. The Hall–Kier alpha value is -2.24. The van der Waals surface area contributed by atoms with E-state index in [2.05, 4.69) is 4.74 Å². The molecule has 0 aliphatic heterocycles. The van der Waals surface area contributed by atoms with Crippen molar-refractivity contribution in [3.63, 3.8) is 0 Å².